The van der Waals surface area contributed by atoms with Gasteiger partial charge in [-0.25, -0.2) is 4.98 Å². The molecule has 2 aromatic carbocycles. The summed E-state index contributed by atoms with van der Waals surface area (Å²) in [5.74, 6) is 1.41. The van der Waals surface area contributed by atoms with Crippen LogP contribution in [0.5, 0.6) is 0 Å². The molecular weight excluding hydrogens is 310 g/mol. The van der Waals surface area contributed by atoms with Crippen molar-refractivity contribution in [3.63, 3.8) is 0 Å². The van der Waals surface area contributed by atoms with Gasteiger partial charge in [0.1, 0.15) is 0 Å². The zero-order chi connectivity index (χ0) is 17.1. The maximum absolute atomic E-state index is 8.89. The molecule has 1 saturated heterocycles. The molecule has 0 spiro atoms. The highest BCUT2D eigenvalue weighted by Crippen LogP contribution is 2.22. The standard InChI is InChI=1S/C20H19N5/c21-13-15-6-8-17(9-7-15)19-22-20(24-23-19)18-5-3-4-16(12-18)14-25-10-1-2-11-25/h3-9,12H,1-2,10-11,14H2,(H,22,23,24). The van der Waals surface area contributed by atoms with E-state index in [0.29, 0.717) is 17.2 Å². The highest BCUT2D eigenvalue weighted by molar-refractivity contribution is 5.62. The predicted octanol–water partition coefficient (Wildman–Crippen LogP) is 3.61. The van der Waals surface area contributed by atoms with Gasteiger partial charge in [-0.15, -0.1) is 0 Å². The van der Waals surface area contributed by atoms with Gasteiger partial charge >= 0.3 is 0 Å². The molecule has 0 amide bonds. The van der Waals surface area contributed by atoms with E-state index in [2.05, 4.69) is 44.3 Å². The molecule has 1 aromatic heterocycles. The minimum atomic E-state index is 0.637. The molecule has 0 atom stereocenters. The topological polar surface area (TPSA) is 68.6 Å². The Morgan fingerprint density at radius 1 is 1.04 bits per heavy atom. The Kier molecular flexibility index (Phi) is 4.28. The van der Waals surface area contributed by atoms with Crippen molar-refractivity contribution in [2.45, 2.75) is 19.4 Å². The minimum absolute atomic E-state index is 0.637. The van der Waals surface area contributed by atoms with Crippen LogP contribution in [0.2, 0.25) is 0 Å². The van der Waals surface area contributed by atoms with E-state index >= 15 is 0 Å². The summed E-state index contributed by atoms with van der Waals surface area (Å²) in [6.45, 7) is 3.36. The van der Waals surface area contributed by atoms with Gasteiger partial charge in [-0.3, -0.25) is 10.00 Å². The molecule has 2 heterocycles. The number of nitriles is 1. The summed E-state index contributed by atoms with van der Waals surface area (Å²) in [5.41, 5.74) is 3.88. The highest BCUT2D eigenvalue weighted by atomic mass is 15.2. The van der Waals surface area contributed by atoms with E-state index in [9.17, 15) is 0 Å². The van der Waals surface area contributed by atoms with Crippen molar-refractivity contribution in [1.29, 1.82) is 5.26 Å². The van der Waals surface area contributed by atoms with E-state index in [1.807, 2.05) is 18.2 Å². The minimum Gasteiger partial charge on any atom is -0.299 e. The van der Waals surface area contributed by atoms with Crippen molar-refractivity contribution in [1.82, 2.24) is 20.1 Å². The third-order valence-electron chi connectivity index (χ3n) is 4.56. The number of benzene rings is 2. The van der Waals surface area contributed by atoms with E-state index in [1.54, 1.807) is 12.1 Å². The average molecular weight is 329 g/mol. The van der Waals surface area contributed by atoms with Gasteiger partial charge in [0.2, 0.25) is 0 Å². The van der Waals surface area contributed by atoms with Crippen LogP contribution in [0, 0.1) is 11.3 Å². The number of hydrogen-bond donors (Lipinski definition) is 1. The molecule has 124 valence electrons. The number of rotatable bonds is 4. The molecule has 0 saturated carbocycles. The number of nitrogens with zero attached hydrogens (tertiary/aromatic N) is 4. The molecule has 0 radical (unpaired) electrons. The molecule has 4 rings (SSSR count). The second kappa shape index (κ2) is 6.88. The fourth-order valence-electron chi connectivity index (χ4n) is 3.23. The lowest BCUT2D eigenvalue weighted by Crippen LogP contribution is -2.18. The molecule has 0 unspecified atom stereocenters. The summed E-state index contributed by atoms with van der Waals surface area (Å²) >= 11 is 0. The van der Waals surface area contributed by atoms with Crippen molar-refractivity contribution in [2.75, 3.05) is 13.1 Å². The number of aromatic nitrogens is 3. The molecule has 1 aliphatic rings. The molecule has 1 fully saturated rings. The lowest BCUT2D eigenvalue weighted by molar-refractivity contribution is 0.331. The summed E-state index contributed by atoms with van der Waals surface area (Å²) in [6.07, 6.45) is 2.60. The third-order valence-corrected chi connectivity index (χ3v) is 4.56. The molecule has 3 aromatic rings. The molecule has 0 bridgehead atoms. The fourth-order valence-corrected chi connectivity index (χ4v) is 3.23. The van der Waals surface area contributed by atoms with Crippen molar-refractivity contribution < 1.29 is 0 Å². The van der Waals surface area contributed by atoms with Gasteiger partial charge in [-0.1, -0.05) is 18.2 Å². The Balaban J connectivity index is 1.56. The zero-order valence-corrected chi connectivity index (χ0v) is 13.9. The molecule has 0 aliphatic carbocycles. The second-order valence-corrected chi connectivity index (χ2v) is 6.38. The number of likely N-dealkylation sites (tertiary alicyclic amines) is 1. The summed E-state index contributed by atoms with van der Waals surface area (Å²) in [7, 11) is 0. The maximum atomic E-state index is 8.89. The van der Waals surface area contributed by atoms with Crippen LogP contribution in [-0.4, -0.2) is 33.2 Å². The summed E-state index contributed by atoms with van der Waals surface area (Å²) < 4.78 is 0. The Labute approximate surface area is 146 Å². The average Bonchev–Trinajstić information content (AvgIpc) is 3.34. The third kappa shape index (κ3) is 3.44. The normalized spacial score (nSPS) is 14.5. The number of H-pyrrole nitrogens is 1. The summed E-state index contributed by atoms with van der Waals surface area (Å²) in [4.78, 5) is 7.10. The van der Waals surface area contributed by atoms with Crippen molar-refractivity contribution in [3.05, 3.63) is 59.7 Å². The Morgan fingerprint density at radius 2 is 1.84 bits per heavy atom. The largest absolute Gasteiger partial charge is 0.299 e. The Hall–Kier alpha value is -2.97. The van der Waals surface area contributed by atoms with Crippen LogP contribution in [0.1, 0.15) is 24.0 Å². The smallest absolute Gasteiger partial charge is 0.181 e. The van der Waals surface area contributed by atoms with Crippen LogP contribution in [0.25, 0.3) is 22.8 Å². The Morgan fingerprint density at radius 3 is 2.60 bits per heavy atom. The van der Waals surface area contributed by atoms with E-state index in [0.717, 1.165) is 17.7 Å². The van der Waals surface area contributed by atoms with Crippen LogP contribution in [0.4, 0.5) is 0 Å². The summed E-state index contributed by atoms with van der Waals surface area (Å²) in [6, 6.07) is 17.9. The van der Waals surface area contributed by atoms with Crippen LogP contribution in [-0.2, 0) is 6.54 Å². The van der Waals surface area contributed by atoms with Crippen molar-refractivity contribution >= 4 is 0 Å². The van der Waals surface area contributed by atoms with Crippen LogP contribution in [0.3, 0.4) is 0 Å². The number of aromatic amines is 1. The van der Waals surface area contributed by atoms with Crippen LogP contribution < -0.4 is 0 Å². The van der Waals surface area contributed by atoms with Crippen LogP contribution >= 0.6 is 0 Å². The first-order valence-corrected chi connectivity index (χ1v) is 8.56. The Bertz CT molecular complexity index is 898. The highest BCUT2D eigenvalue weighted by Gasteiger charge is 2.13. The van der Waals surface area contributed by atoms with Gasteiger partial charge in [-0.2, -0.15) is 10.4 Å². The first-order valence-electron chi connectivity index (χ1n) is 8.56. The second-order valence-electron chi connectivity index (χ2n) is 6.38. The van der Waals surface area contributed by atoms with Gasteiger partial charge in [0.15, 0.2) is 11.6 Å². The van der Waals surface area contributed by atoms with Gasteiger partial charge in [-0.05, 0) is 61.8 Å². The number of hydrogen-bond acceptors (Lipinski definition) is 4. The summed E-state index contributed by atoms with van der Waals surface area (Å²) in [5, 5.41) is 16.3. The van der Waals surface area contributed by atoms with Crippen molar-refractivity contribution in [2.24, 2.45) is 0 Å². The zero-order valence-electron chi connectivity index (χ0n) is 13.9. The van der Waals surface area contributed by atoms with E-state index in [1.165, 1.54) is 31.5 Å². The molecule has 1 aliphatic heterocycles. The van der Waals surface area contributed by atoms with Crippen molar-refractivity contribution in [3.8, 4) is 28.8 Å². The van der Waals surface area contributed by atoms with Gasteiger partial charge in [0.05, 0.1) is 11.6 Å². The van der Waals surface area contributed by atoms with Gasteiger partial charge < -0.3 is 0 Å². The van der Waals surface area contributed by atoms with Gasteiger partial charge in [0.25, 0.3) is 0 Å². The SMILES string of the molecule is N#Cc1ccc(-c2nc(-c3cccc(CN4CCCC4)c3)n[nH]2)cc1. The van der Waals surface area contributed by atoms with E-state index in [4.69, 9.17) is 5.26 Å². The molecule has 5 heteroatoms. The van der Waals surface area contributed by atoms with Gasteiger partial charge in [0, 0.05) is 17.7 Å². The molecule has 25 heavy (non-hydrogen) atoms. The van der Waals surface area contributed by atoms with E-state index in [-0.39, 0.29) is 0 Å². The molecular formula is C20H19N5. The lowest BCUT2D eigenvalue weighted by Gasteiger charge is -2.14. The monoisotopic (exact) mass is 329 g/mol. The predicted molar refractivity (Wildman–Crippen MR) is 96.5 cm³/mol. The van der Waals surface area contributed by atoms with Crippen LogP contribution in [0.15, 0.2) is 48.5 Å². The fraction of sp³-hybridized carbons (Fsp3) is 0.250. The quantitative estimate of drug-likeness (QED) is 0.794. The number of nitrogens with one attached hydrogen (secondary N) is 1. The molecule has 5 nitrogen and oxygen atoms in total. The molecule has 1 N–H and O–H groups in total. The lowest BCUT2D eigenvalue weighted by atomic mass is 10.1. The van der Waals surface area contributed by atoms with E-state index < -0.39 is 0 Å². The first-order chi connectivity index (χ1) is 12.3. The first kappa shape index (κ1) is 15.6. The maximum Gasteiger partial charge on any atom is 0.181 e.